The van der Waals surface area contributed by atoms with Crippen LogP contribution in [0.4, 0.5) is 10.1 Å². The van der Waals surface area contributed by atoms with Gasteiger partial charge in [-0.3, -0.25) is 4.99 Å². The molecule has 1 aliphatic heterocycles. The van der Waals surface area contributed by atoms with Crippen molar-refractivity contribution in [3.8, 4) is 0 Å². The number of sulfonamides is 1. The summed E-state index contributed by atoms with van der Waals surface area (Å²) in [5.41, 5.74) is 0.348. The lowest BCUT2D eigenvalue weighted by Gasteiger charge is -2.38. The van der Waals surface area contributed by atoms with Crippen LogP contribution in [0.3, 0.4) is 0 Å². The first-order chi connectivity index (χ1) is 12.6. The molecule has 0 unspecified atom stereocenters. The Bertz CT molecular complexity index is 742. The van der Waals surface area contributed by atoms with Crippen molar-refractivity contribution in [3.05, 3.63) is 30.1 Å². The van der Waals surface area contributed by atoms with E-state index in [1.165, 1.54) is 12.1 Å². The van der Waals surface area contributed by atoms with Gasteiger partial charge in [0.25, 0.3) is 0 Å². The molecule has 152 valence electrons. The van der Waals surface area contributed by atoms with Crippen molar-refractivity contribution in [3.63, 3.8) is 0 Å². The first-order valence-corrected chi connectivity index (χ1v) is 11.0. The monoisotopic (exact) mass is 399 g/mol. The third kappa shape index (κ3) is 6.99. The van der Waals surface area contributed by atoms with E-state index in [2.05, 4.69) is 24.8 Å². The summed E-state index contributed by atoms with van der Waals surface area (Å²) < 4.78 is 38.7. The van der Waals surface area contributed by atoms with Crippen LogP contribution in [0.25, 0.3) is 0 Å². The molecule has 0 spiro atoms. The molecular weight excluding hydrogens is 369 g/mol. The van der Waals surface area contributed by atoms with Gasteiger partial charge in [0, 0.05) is 44.0 Å². The lowest BCUT2D eigenvalue weighted by Crippen LogP contribution is -2.53. The molecule has 2 rings (SSSR count). The van der Waals surface area contributed by atoms with Gasteiger partial charge in [-0.05, 0) is 45.0 Å². The second-order valence-electron chi connectivity index (χ2n) is 7.38. The van der Waals surface area contributed by atoms with Crippen LogP contribution in [0.15, 0.2) is 29.3 Å². The molecular formula is C18H30FN5O2S. The molecule has 0 amide bonds. The quantitative estimate of drug-likeness (QED) is 0.556. The number of nitrogens with one attached hydrogen (secondary N) is 2. The highest BCUT2D eigenvalue weighted by Crippen LogP contribution is 2.17. The van der Waals surface area contributed by atoms with Crippen LogP contribution in [0.2, 0.25) is 0 Å². The van der Waals surface area contributed by atoms with E-state index in [4.69, 9.17) is 0 Å². The summed E-state index contributed by atoms with van der Waals surface area (Å²) in [5.74, 6) is 0.545. The maximum Gasteiger partial charge on any atom is 0.209 e. The molecule has 1 aromatic carbocycles. The van der Waals surface area contributed by atoms with Crippen molar-refractivity contribution in [1.82, 2.24) is 14.9 Å². The fourth-order valence-electron chi connectivity index (χ4n) is 3.06. The number of halogens is 1. The molecule has 0 aromatic heterocycles. The predicted molar refractivity (Wildman–Crippen MR) is 108 cm³/mol. The maximum absolute atomic E-state index is 13.1. The highest BCUT2D eigenvalue weighted by atomic mass is 32.2. The number of rotatable bonds is 6. The Labute approximate surface area is 161 Å². The van der Waals surface area contributed by atoms with Crippen LogP contribution in [0, 0.1) is 5.82 Å². The molecule has 0 bridgehead atoms. The summed E-state index contributed by atoms with van der Waals surface area (Å²) in [4.78, 5) is 9.02. The standard InChI is InChI=1S/C18H30FN5O2S/c1-5-20-17(21-14-18(2,3)22-27(4,25)26)24-12-10-23(11-13-24)16-8-6-15(19)7-9-16/h6-9,22H,5,10-14H2,1-4H3,(H,20,21). The van der Waals surface area contributed by atoms with Crippen LogP contribution >= 0.6 is 0 Å². The highest BCUT2D eigenvalue weighted by Gasteiger charge is 2.24. The smallest absolute Gasteiger partial charge is 0.209 e. The SMILES string of the molecule is CCNC(=NCC(C)(C)NS(C)(=O)=O)N1CCN(c2ccc(F)cc2)CC1. The van der Waals surface area contributed by atoms with Crippen molar-refractivity contribution in [1.29, 1.82) is 0 Å². The summed E-state index contributed by atoms with van der Waals surface area (Å²) in [7, 11) is -3.29. The number of hydrogen-bond acceptors (Lipinski definition) is 4. The molecule has 2 N–H and O–H groups in total. The van der Waals surface area contributed by atoms with Crippen LogP contribution in [0.5, 0.6) is 0 Å². The Hall–Kier alpha value is -1.87. The summed E-state index contributed by atoms with van der Waals surface area (Å²) in [6, 6.07) is 6.54. The molecule has 0 radical (unpaired) electrons. The molecule has 27 heavy (non-hydrogen) atoms. The predicted octanol–water partition coefficient (Wildman–Crippen LogP) is 1.24. The van der Waals surface area contributed by atoms with Crippen LogP contribution in [0.1, 0.15) is 20.8 Å². The molecule has 1 aromatic rings. The van der Waals surface area contributed by atoms with Crippen molar-refractivity contribution < 1.29 is 12.8 Å². The van der Waals surface area contributed by atoms with Gasteiger partial charge in [0.05, 0.1) is 12.8 Å². The van der Waals surface area contributed by atoms with E-state index >= 15 is 0 Å². The van der Waals surface area contributed by atoms with Gasteiger partial charge in [0.2, 0.25) is 10.0 Å². The first-order valence-electron chi connectivity index (χ1n) is 9.12. The first kappa shape index (κ1) is 21.4. The summed E-state index contributed by atoms with van der Waals surface area (Å²) in [6.07, 6.45) is 1.15. The molecule has 7 nitrogen and oxygen atoms in total. The van der Waals surface area contributed by atoms with Crippen molar-refractivity contribution >= 4 is 21.7 Å². The number of anilines is 1. The summed E-state index contributed by atoms with van der Waals surface area (Å²) >= 11 is 0. The molecule has 1 fully saturated rings. The number of hydrogen-bond donors (Lipinski definition) is 2. The van der Waals surface area contributed by atoms with E-state index in [0.717, 1.165) is 50.6 Å². The second kappa shape index (κ2) is 8.88. The molecule has 1 aliphatic rings. The number of piperazine rings is 1. The minimum atomic E-state index is -3.29. The van der Waals surface area contributed by atoms with Gasteiger partial charge in [-0.1, -0.05) is 0 Å². The number of guanidine groups is 1. The van der Waals surface area contributed by atoms with Crippen molar-refractivity contribution in [2.24, 2.45) is 4.99 Å². The van der Waals surface area contributed by atoms with E-state index < -0.39 is 15.6 Å². The van der Waals surface area contributed by atoms with E-state index in [1.54, 1.807) is 12.1 Å². The molecule has 1 heterocycles. The lowest BCUT2D eigenvalue weighted by atomic mass is 10.1. The van der Waals surface area contributed by atoms with Crippen LogP contribution in [-0.4, -0.2) is 70.3 Å². The zero-order valence-corrected chi connectivity index (χ0v) is 17.3. The van der Waals surface area contributed by atoms with Gasteiger partial charge in [-0.15, -0.1) is 0 Å². The zero-order chi connectivity index (χ0) is 20.1. The molecule has 0 aliphatic carbocycles. The van der Waals surface area contributed by atoms with Crippen LogP contribution < -0.4 is 14.9 Å². The Morgan fingerprint density at radius 3 is 2.30 bits per heavy atom. The highest BCUT2D eigenvalue weighted by molar-refractivity contribution is 7.88. The number of nitrogens with zero attached hydrogens (tertiary/aromatic N) is 3. The van der Waals surface area contributed by atoms with E-state index in [9.17, 15) is 12.8 Å². The maximum atomic E-state index is 13.1. The Morgan fingerprint density at radius 2 is 1.78 bits per heavy atom. The molecule has 0 saturated carbocycles. The van der Waals surface area contributed by atoms with Gasteiger partial charge < -0.3 is 15.1 Å². The number of benzene rings is 1. The Kier molecular flexibility index (Phi) is 7.05. The normalized spacial score (nSPS) is 16.6. The van der Waals surface area contributed by atoms with E-state index in [0.29, 0.717) is 6.54 Å². The van der Waals surface area contributed by atoms with Gasteiger partial charge in [-0.25, -0.2) is 17.5 Å². The van der Waals surface area contributed by atoms with Crippen molar-refractivity contribution in [2.75, 3.05) is 50.4 Å². The second-order valence-corrected chi connectivity index (χ2v) is 9.13. The van der Waals surface area contributed by atoms with Gasteiger partial charge in [-0.2, -0.15) is 0 Å². The molecule has 1 saturated heterocycles. The fraction of sp³-hybridized carbons (Fsp3) is 0.611. The van der Waals surface area contributed by atoms with Gasteiger partial charge in [0.1, 0.15) is 5.82 Å². The minimum Gasteiger partial charge on any atom is -0.368 e. The van der Waals surface area contributed by atoms with Gasteiger partial charge >= 0.3 is 0 Å². The third-order valence-corrected chi connectivity index (χ3v) is 5.12. The Balaban J connectivity index is 2.00. The number of aliphatic imine (C=N–C) groups is 1. The average molecular weight is 400 g/mol. The zero-order valence-electron chi connectivity index (χ0n) is 16.5. The topological polar surface area (TPSA) is 77.0 Å². The van der Waals surface area contributed by atoms with E-state index in [1.807, 2.05) is 20.8 Å². The van der Waals surface area contributed by atoms with E-state index in [-0.39, 0.29) is 5.82 Å². The summed E-state index contributed by atoms with van der Waals surface area (Å²) in [5, 5.41) is 3.28. The summed E-state index contributed by atoms with van der Waals surface area (Å²) in [6.45, 7) is 9.87. The minimum absolute atomic E-state index is 0.232. The lowest BCUT2D eigenvalue weighted by molar-refractivity contribution is 0.369. The molecule has 9 heteroatoms. The largest absolute Gasteiger partial charge is 0.368 e. The van der Waals surface area contributed by atoms with Gasteiger partial charge in [0.15, 0.2) is 5.96 Å². The Morgan fingerprint density at radius 1 is 1.19 bits per heavy atom. The fourth-order valence-corrected chi connectivity index (χ4v) is 4.13. The third-order valence-electron chi connectivity index (χ3n) is 4.19. The average Bonchev–Trinajstić information content (AvgIpc) is 2.57. The van der Waals surface area contributed by atoms with Crippen molar-refractivity contribution in [2.45, 2.75) is 26.3 Å². The molecule has 0 atom stereocenters. The van der Waals surface area contributed by atoms with Crippen LogP contribution in [-0.2, 0) is 10.0 Å².